The van der Waals surface area contributed by atoms with Gasteiger partial charge in [-0.15, -0.1) is 0 Å². The van der Waals surface area contributed by atoms with Gasteiger partial charge in [-0.3, -0.25) is 0 Å². The van der Waals surface area contributed by atoms with Crippen LogP contribution in [0.2, 0.25) is 5.02 Å². The van der Waals surface area contributed by atoms with Crippen molar-refractivity contribution in [1.82, 2.24) is 4.57 Å². The molecule has 1 unspecified atom stereocenters. The number of nitrogens with zero attached hydrogens (tertiary/aromatic N) is 1. The van der Waals surface area contributed by atoms with Crippen LogP contribution in [0.25, 0.3) is 10.9 Å². The first-order valence-corrected chi connectivity index (χ1v) is 5.38. The molecule has 1 aromatic heterocycles. The summed E-state index contributed by atoms with van der Waals surface area (Å²) in [7, 11) is 1.98. The lowest BCUT2D eigenvalue weighted by Crippen LogP contribution is -2.07. The number of aromatic nitrogens is 1. The minimum Gasteiger partial charge on any atom is -0.393 e. The van der Waals surface area contributed by atoms with Crippen LogP contribution in [-0.4, -0.2) is 15.8 Å². The number of aliphatic hydroxyl groups is 1. The number of fused-ring (bicyclic) bond motifs is 1. The maximum Gasteiger partial charge on any atom is 0.0669 e. The molecule has 1 atom stereocenters. The minimum atomic E-state index is -0.327. The zero-order valence-corrected chi connectivity index (χ0v) is 9.62. The molecule has 2 nitrogen and oxygen atoms in total. The van der Waals surface area contributed by atoms with Crippen LogP contribution < -0.4 is 0 Å². The summed E-state index contributed by atoms with van der Waals surface area (Å²) in [6.45, 7) is 1.79. The van der Waals surface area contributed by atoms with Crippen molar-refractivity contribution in [2.24, 2.45) is 7.05 Å². The first-order valence-electron chi connectivity index (χ1n) is 5.00. The number of rotatable bonds is 2. The molecule has 1 N–H and O–H groups in total. The van der Waals surface area contributed by atoms with E-state index in [-0.39, 0.29) is 6.10 Å². The first kappa shape index (κ1) is 10.5. The Morgan fingerprint density at radius 1 is 1.47 bits per heavy atom. The third kappa shape index (κ3) is 1.87. The molecule has 0 aliphatic heterocycles. The maximum absolute atomic E-state index is 9.38. The van der Waals surface area contributed by atoms with Gasteiger partial charge in [-0.25, -0.2) is 0 Å². The van der Waals surface area contributed by atoms with E-state index >= 15 is 0 Å². The van der Waals surface area contributed by atoms with Crippen LogP contribution in [0.3, 0.4) is 0 Å². The Bertz CT molecular complexity index is 488. The molecule has 0 saturated carbocycles. The smallest absolute Gasteiger partial charge is 0.0669 e. The molecule has 1 heterocycles. The Labute approximate surface area is 94.1 Å². The van der Waals surface area contributed by atoms with Crippen molar-refractivity contribution in [1.29, 1.82) is 0 Å². The molecule has 80 valence electrons. The summed E-state index contributed by atoms with van der Waals surface area (Å²) >= 11 is 6.13. The van der Waals surface area contributed by atoms with E-state index in [1.54, 1.807) is 6.92 Å². The summed E-state index contributed by atoms with van der Waals surface area (Å²) in [5, 5.41) is 11.3. The van der Waals surface area contributed by atoms with E-state index in [1.807, 2.05) is 29.8 Å². The highest BCUT2D eigenvalue weighted by atomic mass is 35.5. The maximum atomic E-state index is 9.38. The molecule has 0 aliphatic rings. The van der Waals surface area contributed by atoms with Crippen molar-refractivity contribution in [3.63, 3.8) is 0 Å². The molecule has 0 spiro atoms. The predicted molar refractivity (Wildman–Crippen MR) is 63.3 cm³/mol. The van der Waals surface area contributed by atoms with Crippen LogP contribution in [-0.2, 0) is 13.5 Å². The zero-order chi connectivity index (χ0) is 11.0. The highest BCUT2D eigenvalue weighted by molar-refractivity contribution is 6.35. The lowest BCUT2D eigenvalue weighted by atomic mass is 10.2. The number of hydrogen-bond donors (Lipinski definition) is 1. The van der Waals surface area contributed by atoms with Crippen LogP contribution in [0.15, 0.2) is 24.3 Å². The second kappa shape index (κ2) is 3.87. The fourth-order valence-corrected chi connectivity index (χ4v) is 2.23. The molecule has 2 aromatic rings. The second-order valence-corrected chi connectivity index (χ2v) is 4.33. The number of para-hydroxylation sites is 1. The van der Waals surface area contributed by atoms with Crippen molar-refractivity contribution in [2.45, 2.75) is 19.4 Å². The summed E-state index contributed by atoms with van der Waals surface area (Å²) in [6.07, 6.45) is 0.327. The lowest BCUT2D eigenvalue weighted by Gasteiger charge is -2.06. The van der Waals surface area contributed by atoms with Gasteiger partial charge in [0.1, 0.15) is 0 Å². The van der Waals surface area contributed by atoms with E-state index < -0.39 is 0 Å². The number of aryl methyl sites for hydroxylation is 1. The van der Waals surface area contributed by atoms with Gasteiger partial charge >= 0.3 is 0 Å². The zero-order valence-electron chi connectivity index (χ0n) is 8.87. The molecule has 0 bridgehead atoms. The Morgan fingerprint density at radius 2 is 2.20 bits per heavy atom. The van der Waals surface area contributed by atoms with Crippen molar-refractivity contribution >= 4 is 22.5 Å². The molecule has 0 aliphatic carbocycles. The summed E-state index contributed by atoms with van der Waals surface area (Å²) in [5.41, 5.74) is 2.14. The summed E-state index contributed by atoms with van der Waals surface area (Å²) in [5.74, 6) is 0. The molecule has 15 heavy (non-hydrogen) atoms. The SMILES string of the molecule is CC(O)Cc1cc2cccc(Cl)c2n1C. The van der Waals surface area contributed by atoms with Gasteiger partial charge in [0.2, 0.25) is 0 Å². The topological polar surface area (TPSA) is 25.2 Å². The van der Waals surface area contributed by atoms with Gasteiger partial charge < -0.3 is 9.67 Å². The average Bonchev–Trinajstić information content (AvgIpc) is 2.44. The largest absolute Gasteiger partial charge is 0.393 e. The summed E-state index contributed by atoms with van der Waals surface area (Å²) in [6, 6.07) is 7.94. The van der Waals surface area contributed by atoms with Gasteiger partial charge in [0.15, 0.2) is 0 Å². The van der Waals surface area contributed by atoms with Gasteiger partial charge in [0, 0.05) is 24.5 Å². The van der Waals surface area contributed by atoms with Crippen LogP contribution in [0.5, 0.6) is 0 Å². The number of aliphatic hydroxyl groups excluding tert-OH is 1. The third-order valence-electron chi connectivity index (χ3n) is 2.61. The number of benzene rings is 1. The predicted octanol–water partition coefficient (Wildman–Crippen LogP) is 2.76. The van der Waals surface area contributed by atoms with E-state index in [2.05, 4.69) is 6.07 Å². The fraction of sp³-hybridized carbons (Fsp3) is 0.333. The van der Waals surface area contributed by atoms with E-state index in [9.17, 15) is 5.11 Å². The highest BCUT2D eigenvalue weighted by Gasteiger charge is 2.09. The first-order chi connectivity index (χ1) is 7.09. The minimum absolute atomic E-state index is 0.327. The average molecular weight is 224 g/mol. The van der Waals surface area contributed by atoms with Crippen LogP contribution in [0.4, 0.5) is 0 Å². The highest BCUT2D eigenvalue weighted by Crippen LogP contribution is 2.26. The molecule has 3 heteroatoms. The van der Waals surface area contributed by atoms with E-state index in [0.29, 0.717) is 6.42 Å². The number of hydrogen-bond acceptors (Lipinski definition) is 1. The molecule has 1 aromatic carbocycles. The van der Waals surface area contributed by atoms with Crippen LogP contribution >= 0.6 is 11.6 Å². The van der Waals surface area contributed by atoms with Crippen LogP contribution in [0, 0.1) is 0 Å². The van der Waals surface area contributed by atoms with E-state index in [0.717, 1.165) is 21.6 Å². The Hall–Kier alpha value is -0.990. The standard InChI is InChI=1S/C12H14ClNO/c1-8(15)6-10-7-9-4-3-5-11(13)12(9)14(10)2/h3-5,7-8,15H,6H2,1-2H3. The van der Waals surface area contributed by atoms with Crippen molar-refractivity contribution < 1.29 is 5.11 Å². The quantitative estimate of drug-likeness (QED) is 0.832. The van der Waals surface area contributed by atoms with Crippen molar-refractivity contribution in [3.8, 4) is 0 Å². The number of halogens is 1. The van der Waals surface area contributed by atoms with Gasteiger partial charge in [-0.2, -0.15) is 0 Å². The summed E-state index contributed by atoms with van der Waals surface area (Å²) in [4.78, 5) is 0. The van der Waals surface area contributed by atoms with Crippen LogP contribution in [0.1, 0.15) is 12.6 Å². The van der Waals surface area contributed by atoms with E-state index in [1.165, 1.54) is 0 Å². The Kier molecular flexibility index (Phi) is 2.72. The summed E-state index contributed by atoms with van der Waals surface area (Å²) < 4.78 is 2.05. The van der Waals surface area contributed by atoms with Gasteiger partial charge in [0.05, 0.1) is 16.6 Å². The van der Waals surface area contributed by atoms with E-state index in [4.69, 9.17) is 11.6 Å². The lowest BCUT2D eigenvalue weighted by molar-refractivity contribution is 0.193. The van der Waals surface area contributed by atoms with Crippen molar-refractivity contribution in [2.75, 3.05) is 0 Å². The monoisotopic (exact) mass is 223 g/mol. The Morgan fingerprint density at radius 3 is 2.80 bits per heavy atom. The van der Waals surface area contributed by atoms with Gasteiger partial charge in [-0.05, 0) is 19.1 Å². The van der Waals surface area contributed by atoms with Crippen molar-refractivity contribution in [3.05, 3.63) is 35.0 Å². The normalized spacial score (nSPS) is 13.3. The molecule has 2 rings (SSSR count). The molecule has 0 fully saturated rings. The third-order valence-corrected chi connectivity index (χ3v) is 2.92. The fourth-order valence-electron chi connectivity index (χ4n) is 1.92. The molecular weight excluding hydrogens is 210 g/mol. The second-order valence-electron chi connectivity index (χ2n) is 3.93. The molecule has 0 radical (unpaired) electrons. The Balaban J connectivity index is 2.59. The molecular formula is C12H14ClNO. The van der Waals surface area contributed by atoms with Gasteiger partial charge in [-0.1, -0.05) is 23.7 Å². The van der Waals surface area contributed by atoms with Gasteiger partial charge in [0.25, 0.3) is 0 Å². The molecule has 0 amide bonds. The molecule has 0 saturated heterocycles.